The Bertz CT molecular complexity index is 1040. The van der Waals surface area contributed by atoms with Gasteiger partial charge in [0.05, 0.1) is 16.7 Å². The van der Waals surface area contributed by atoms with Crippen LogP contribution in [0.1, 0.15) is 44.6 Å². The zero-order chi connectivity index (χ0) is 24.8. The number of urea groups is 1. The van der Waals surface area contributed by atoms with E-state index in [0.29, 0.717) is 23.2 Å². The predicted molar refractivity (Wildman–Crippen MR) is 138 cm³/mol. The van der Waals surface area contributed by atoms with Gasteiger partial charge >= 0.3 is 6.03 Å². The summed E-state index contributed by atoms with van der Waals surface area (Å²) in [7, 11) is 0. The summed E-state index contributed by atoms with van der Waals surface area (Å²) < 4.78 is 13.4. The van der Waals surface area contributed by atoms with Gasteiger partial charge in [-0.25, -0.2) is 9.18 Å². The monoisotopic (exact) mass is 496 g/mol. The number of hydrogen-bond acceptors (Lipinski definition) is 3. The van der Waals surface area contributed by atoms with E-state index in [1.165, 1.54) is 37.8 Å². The number of carbonyl (C=O) groups is 1. The van der Waals surface area contributed by atoms with E-state index in [-0.39, 0.29) is 11.1 Å². The highest BCUT2D eigenvalue weighted by molar-refractivity contribution is 6.31. The maximum Gasteiger partial charge on any atom is 0.322 e. The maximum absolute atomic E-state index is 13.4. The van der Waals surface area contributed by atoms with Crippen LogP contribution in [0.5, 0.6) is 0 Å². The zero-order valence-electron chi connectivity index (χ0n) is 20.3. The summed E-state index contributed by atoms with van der Waals surface area (Å²) in [4.78, 5) is 17.6. The molecule has 2 saturated carbocycles. The SMILES string of the molecule is CC1C2CCC(N(CCN3CCCCC3)C(=O)Nc3ccc(F)c(Cl)c3)C12.N#Cc1ccccc1. The van der Waals surface area contributed by atoms with Gasteiger partial charge in [-0.15, -0.1) is 0 Å². The molecule has 2 aliphatic carbocycles. The minimum absolute atomic E-state index is 0.0319. The number of carbonyl (C=O) groups excluding carboxylic acids is 1. The van der Waals surface area contributed by atoms with E-state index in [1.807, 2.05) is 29.2 Å². The Labute approximate surface area is 212 Å². The van der Waals surface area contributed by atoms with E-state index in [1.54, 1.807) is 18.2 Å². The molecule has 0 aromatic heterocycles. The van der Waals surface area contributed by atoms with Gasteiger partial charge in [0.15, 0.2) is 0 Å². The van der Waals surface area contributed by atoms with Crippen LogP contribution in [0, 0.1) is 34.9 Å². The molecule has 1 heterocycles. The Morgan fingerprint density at radius 2 is 1.91 bits per heavy atom. The summed E-state index contributed by atoms with van der Waals surface area (Å²) in [5, 5.41) is 11.3. The van der Waals surface area contributed by atoms with Crippen LogP contribution in [0.3, 0.4) is 0 Å². The van der Waals surface area contributed by atoms with Crippen molar-refractivity contribution in [3.8, 4) is 6.07 Å². The quantitative estimate of drug-likeness (QED) is 0.521. The maximum atomic E-state index is 13.4. The van der Waals surface area contributed by atoms with Crippen molar-refractivity contribution in [1.82, 2.24) is 9.80 Å². The normalized spacial score (nSPS) is 25.0. The van der Waals surface area contributed by atoms with Crippen LogP contribution in [0.15, 0.2) is 48.5 Å². The molecule has 35 heavy (non-hydrogen) atoms. The van der Waals surface area contributed by atoms with E-state index < -0.39 is 5.82 Å². The summed E-state index contributed by atoms with van der Waals surface area (Å²) >= 11 is 5.87. The number of nitriles is 1. The van der Waals surface area contributed by atoms with Gasteiger partial charge in [-0.2, -0.15) is 5.26 Å². The first-order chi connectivity index (χ1) is 17.0. The fourth-order valence-corrected chi connectivity index (χ4v) is 5.90. The smallest absolute Gasteiger partial charge is 0.320 e. The van der Waals surface area contributed by atoms with E-state index in [2.05, 4.69) is 17.1 Å². The number of halogens is 2. The van der Waals surface area contributed by atoms with E-state index in [9.17, 15) is 9.18 Å². The second kappa shape index (κ2) is 11.9. The number of hydrogen-bond donors (Lipinski definition) is 1. The minimum atomic E-state index is -0.470. The van der Waals surface area contributed by atoms with Gasteiger partial charge in [0.2, 0.25) is 0 Å². The van der Waals surface area contributed by atoms with E-state index >= 15 is 0 Å². The van der Waals surface area contributed by atoms with Gasteiger partial charge in [0, 0.05) is 24.8 Å². The fraction of sp³-hybridized carbons (Fsp3) is 0.500. The molecule has 4 atom stereocenters. The number of rotatable bonds is 5. The van der Waals surface area contributed by atoms with E-state index in [4.69, 9.17) is 16.9 Å². The summed E-state index contributed by atoms with van der Waals surface area (Å²) in [6.45, 7) is 6.26. The molecule has 5 rings (SSSR count). The van der Waals surface area contributed by atoms with Crippen LogP contribution < -0.4 is 5.32 Å². The number of likely N-dealkylation sites (tertiary alicyclic amines) is 1. The zero-order valence-corrected chi connectivity index (χ0v) is 21.1. The van der Waals surface area contributed by atoms with Gasteiger partial charge in [-0.05, 0) is 86.9 Å². The Balaban J connectivity index is 0.000000308. The molecular formula is C28H34ClFN4O. The van der Waals surface area contributed by atoms with Crippen LogP contribution in [0.25, 0.3) is 0 Å². The minimum Gasteiger partial charge on any atom is -0.320 e. The van der Waals surface area contributed by atoms with Crippen molar-refractivity contribution < 1.29 is 9.18 Å². The molecule has 2 aromatic carbocycles. The third-order valence-corrected chi connectivity index (χ3v) is 8.01. The molecule has 4 unspecified atom stereocenters. The van der Waals surface area contributed by atoms with Crippen molar-refractivity contribution in [3.63, 3.8) is 0 Å². The molecule has 0 spiro atoms. The lowest BCUT2D eigenvalue weighted by Gasteiger charge is -2.34. The Hall–Kier alpha value is -2.62. The predicted octanol–water partition coefficient (Wildman–Crippen LogP) is 6.40. The number of anilines is 1. The molecule has 7 heteroatoms. The summed E-state index contributed by atoms with van der Waals surface area (Å²) in [6, 6.07) is 15.8. The molecule has 0 radical (unpaired) electrons. The highest BCUT2D eigenvalue weighted by Gasteiger charge is 2.57. The number of nitrogens with one attached hydrogen (secondary N) is 1. The van der Waals surface area contributed by atoms with Crippen LogP contribution >= 0.6 is 11.6 Å². The molecule has 3 fully saturated rings. The molecule has 3 aliphatic rings. The van der Waals surface area contributed by atoms with Gasteiger partial charge in [0.25, 0.3) is 0 Å². The third kappa shape index (κ3) is 6.54. The van der Waals surface area contributed by atoms with Gasteiger partial charge in [0.1, 0.15) is 5.82 Å². The molecular weight excluding hydrogens is 463 g/mol. The second-order valence-corrected chi connectivity index (χ2v) is 10.3. The first-order valence-electron chi connectivity index (χ1n) is 12.7. The first-order valence-corrected chi connectivity index (χ1v) is 13.1. The highest BCUT2D eigenvalue weighted by Crippen LogP contribution is 2.58. The van der Waals surface area contributed by atoms with Crippen molar-refractivity contribution in [2.45, 2.75) is 45.1 Å². The average molecular weight is 497 g/mol. The molecule has 2 aromatic rings. The van der Waals surface area contributed by atoms with Crippen molar-refractivity contribution in [3.05, 3.63) is 64.9 Å². The number of fused-ring (bicyclic) bond motifs is 1. The Kier molecular flexibility index (Phi) is 8.64. The van der Waals surface area contributed by atoms with Gasteiger partial charge in [-0.1, -0.05) is 43.1 Å². The topological polar surface area (TPSA) is 59.4 Å². The fourth-order valence-electron chi connectivity index (χ4n) is 5.72. The molecule has 5 nitrogen and oxygen atoms in total. The molecule has 2 amide bonds. The van der Waals surface area contributed by atoms with Crippen molar-refractivity contribution in [2.75, 3.05) is 31.5 Å². The third-order valence-electron chi connectivity index (χ3n) is 7.72. The summed E-state index contributed by atoms with van der Waals surface area (Å²) in [5.41, 5.74) is 1.26. The van der Waals surface area contributed by atoms with Crippen molar-refractivity contribution in [2.24, 2.45) is 17.8 Å². The average Bonchev–Trinajstić information content (AvgIpc) is 3.30. The second-order valence-electron chi connectivity index (χ2n) is 9.88. The van der Waals surface area contributed by atoms with Crippen molar-refractivity contribution in [1.29, 1.82) is 5.26 Å². The van der Waals surface area contributed by atoms with Crippen LogP contribution in [-0.4, -0.2) is 48.1 Å². The number of piperidine rings is 1. The number of amides is 2. The lowest BCUT2D eigenvalue weighted by atomic mass is 10.1. The Morgan fingerprint density at radius 1 is 1.17 bits per heavy atom. The lowest BCUT2D eigenvalue weighted by molar-refractivity contribution is 0.151. The summed E-state index contributed by atoms with van der Waals surface area (Å²) in [6.07, 6.45) is 6.15. The van der Waals surface area contributed by atoms with Gasteiger partial charge in [-0.3, -0.25) is 0 Å². The van der Waals surface area contributed by atoms with Crippen LogP contribution in [0.4, 0.5) is 14.9 Å². The molecule has 0 bridgehead atoms. The molecule has 1 saturated heterocycles. The lowest BCUT2D eigenvalue weighted by Crippen LogP contribution is -2.47. The Morgan fingerprint density at radius 3 is 2.51 bits per heavy atom. The first kappa shape index (κ1) is 25.5. The van der Waals surface area contributed by atoms with Crippen molar-refractivity contribution >= 4 is 23.3 Å². The highest BCUT2D eigenvalue weighted by atomic mass is 35.5. The largest absolute Gasteiger partial charge is 0.322 e. The summed E-state index contributed by atoms with van der Waals surface area (Å²) in [5.74, 6) is 1.70. The molecule has 1 aliphatic heterocycles. The molecule has 1 N–H and O–H groups in total. The molecule has 186 valence electrons. The van der Waals surface area contributed by atoms with Crippen LogP contribution in [-0.2, 0) is 0 Å². The van der Waals surface area contributed by atoms with E-state index in [0.717, 1.165) is 44.4 Å². The standard InChI is InChI=1S/C21H29ClFN3O.C7H5N/c1-14-16-6-8-19(20(14)16)26(12-11-25-9-3-2-4-10-25)21(27)24-15-5-7-18(23)17(22)13-15;8-6-7-4-2-1-3-5-7/h5,7,13-14,16,19-20H,2-4,6,8-12H2,1H3,(H,24,27);1-5H. The van der Waals surface area contributed by atoms with Gasteiger partial charge < -0.3 is 15.1 Å². The number of benzene rings is 2. The van der Waals surface area contributed by atoms with Crippen LogP contribution in [0.2, 0.25) is 5.02 Å². The number of nitrogens with zero attached hydrogens (tertiary/aromatic N) is 3.